The van der Waals surface area contributed by atoms with Crippen molar-refractivity contribution in [3.63, 3.8) is 0 Å². The molecular formula is C20H33N3O4. The first-order valence-electron chi connectivity index (χ1n) is 9.33. The van der Waals surface area contributed by atoms with Crippen molar-refractivity contribution in [2.24, 2.45) is 10.4 Å². The van der Waals surface area contributed by atoms with Gasteiger partial charge in [-0.05, 0) is 42.4 Å². The average Bonchev–Trinajstić information content (AvgIpc) is 2.67. The van der Waals surface area contributed by atoms with Gasteiger partial charge in [-0.2, -0.15) is 0 Å². The lowest BCUT2D eigenvalue weighted by molar-refractivity contribution is 0.0732. The number of benzene rings is 1. The minimum Gasteiger partial charge on any atom is -0.493 e. The van der Waals surface area contributed by atoms with E-state index in [2.05, 4.69) is 15.6 Å². The number of hydrogen-bond acceptors (Lipinski definition) is 5. The normalized spacial score (nSPS) is 15.7. The largest absolute Gasteiger partial charge is 0.493 e. The molecule has 0 heterocycles. The molecule has 27 heavy (non-hydrogen) atoms. The highest BCUT2D eigenvalue weighted by molar-refractivity contribution is 5.79. The van der Waals surface area contributed by atoms with Gasteiger partial charge in [0.05, 0.1) is 21.3 Å². The fourth-order valence-corrected chi connectivity index (χ4v) is 3.43. The minimum absolute atomic E-state index is 0.334. The van der Waals surface area contributed by atoms with Crippen molar-refractivity contribution < 1.29 is 18.9 Å². The van der Waals surface area contributed by atoms with Crippen LogP contribution in [0.15, 0.2) is 17.1 Å². The Hall–Kier alpha value is -2.15. The van der Waals surface area contributed by atoms with Gasteiger partial charge in [-0.3, -0.25) is 4.99 Å². The molecule has 1 aliphatic carbocycles. The molecule has 7 heteroatoms. The molecule has 1 fully saturated rings. The summed E-state index contributed by atoms with van der Waals surface area (Å²) >= 11 is 0. The van der Waals surface area contributed by atoms with Crippen LogP contribution in [0.5, 0.6) is 17.2 Å². The summed E-state index contributed by atoms with van der Waals surface area (Å²) in [5.41, 5.74) is 1.35. The van der Waals surface area contributed by atoms with E-state index in [0.717, 1.165) is 31.1 Å². The summed E-state index contributed by atoms with van der Waals surface area (Å²) in [7, 11) is 8.38. The van der Waals surface area contributed by atoms with Gasteiger partial charge in [0.1, 0.15) is 0 Å². The Balaban J connectivity index is 1.96. The zero-order valence-corrected chi connectivity index (χ0v) is 17.2. The summed E-state index contributed by atoms with van der Waals surface area (Å²) in [6.07, 6.45) is 4.86. The number of hydrogen-bond donors (Lipinski definition) is 2. The van der Waals surface area contributed by atoms with Gasteiger partial charge >= 0.3 is 0 Å². The third-order valence-electron chi connectivity index (χ3n) is 5.29. The molecule has 152 valence electrons. The Bertz CT molecular complexity index is 605. The molecule has 0 saturated heterocycles. The number of nitrogens with zero attached hydrogens (tertiary/aromatic N) is 1. The molecule has 0 radical (unpaired) electrons. The Morgan fingerprint density at radius 1 is 1.04 bits per heavy atom. The van der Waals surface area contributed by atoms with Crippen molar-refractivity contribution in [1.29, 1.82) is 0 Å². The summed E-state index contributed by atoms with van der Waals surface area (Å²) < 4.78 is 21.5. The Kier molecular flexibility index (Phi) is 8.03. The van der Waals surface area contributed by atoms with Gasteiger partial charge in [0, 0.05) is 33.9 Å². The van der Waals surface area contributed by atoms with E-state index < -0.39 is 0 Å². The zero-order valence-electron chi connectivity index (χ0n) is 17.2. The SMILES string of the molecule is CN=C(NCc1cc(OC)c(OC)c(OC)c1)NCC1(CCOC)CCC1. The molecule has 0 aromatic heterocycles. The lowest BCUT2D eigenvalue weighted by atomic mass is 9.67. The standard InChI is InChI=1S/C20H33N3O4/c1-21-19(23-14-20(7-6-8-20)9-10-24-2)22-13-15-11-16(25-3)18(27-5)17(12-15)26-4/h11-12H,6-10,13-14H2,1-5H3,(H2,21,22,23). The molecule has 0 unspecified atom stereocenters. The predicted octanol–water partition coefficient (Wildman–Crippen LogP) is 2.58. The molecule has 1 aliphatic rings. The molecule has 1 aromatic carbocycles. The third kappa shape index (κ3) is 5.42. The van der Waals surface area contributed by atoms with E-state index in [0.29, 0.717) is 29.2 Å². The van der Waals surface area contributed by atoms with Gasteiger partial charge in [-0.25, -0.2) is 0 Å². The lowest BCUT2D eigenvalue weighted by Gasteiger charge is -2.42. The second-order valence-corrected chi connectivity index (χ2v) is 6.91. The van der Waals surface area contributed by atoms with Crippen LogP contribution in [-0.4, -0.2) is 54.6 Å². The minimum atomic E-state index is 0.334. The number of rotatable bonds is 10. The first-order valence-corrected chi connectivity index (χ1v) is 9.33. The van der Waals surface area contributed by atoms with E-state index in [1.165, 1.54) is 19.3 Å². The van der Waals surface area contributed by atoms with Gasteiger partial charge in [0.2, 0.25) is 5.75 Å². The van der Waals surface area contributed by atoms with Crippen LogP contribution in [0.1, 0.15) is 31.2 Å². The van der Waals surface area contributed by atoms with Crippen LogP contribution in [0, 0.1) is 5.41 Å². The van der Waals surface area contributed by atoms with Crippen LogP contribution in [0.2, 0.25) is 0 Å². The molecule has 2 rings (SSSR count). The first-order chi connectivity index (χ1) is 13.1. The van der Waals surface area contributed by atoms with Crippen LogP contribution in [-0.2, 0) is 11.3 Å². The van der Waals surface area contributed by atoms with Crippen molar-refractivity contribution in [3.8, 4) is 17.2 Å². The molecule has 7 nitrogen and oxygen atoms in total. The molecule has 1 saturated carbocycles. The Labute approximate surface area is 162 Å². The highest BCUT2D eigenvalue weighted by Gasteiger charge is 2.36. The zero-order chi connectivity index (χ0) is 19.7. The second kappa shape index (κ2) is 10.3. The van der Waals surface area contributed by atoms with E-state index in [9.17, 15) is 0 Å². The topological polar surface area (TPSA) is 73.3 Å². The van der Waals surface area contributed by atoms with E-state index in [4.69, 9.17) is 18.9 Å². The molecule has 2 N–H and O–H groups in total. The van der Waals surface area contributed by atoms with E-state index in [-0.39, 0.29) is 0 Å². The van der Waals surface area contributed by atoms with E-state index in [1.807, 2.05) is 12.1 Å². The summed E-state index contributed by atoms with van der Waals surface area (Å²) in [6, 6.07) is 3.88. The molecule has 0 amide bonds. The van der Waals surface area contributed by atoms with Gasteiger partial charge in [-0.15, -0.1) is 0 Å². The summed E-state index contributed by atoms with van der Waals surface area (Å²) in [5, 5.41) is 6.83. The van der Waals surface area contributed by atoms with Crippen molar-refractivity contribution in [3.05, 3.63) is 17.7 Å². The number of aliphatic imine (C=N–C) groups is 1. The molecule has 0 spiro atoms. The maximum atomic E-state index is 5.41. The molecule has 0 atom stereocenters. The van der Waals surface area contributed by atoms with E-state index in [1.54, 1.807) is 35.5 Å². The third-order valence-corrected chi connectivity index (χ3v) is 5.29. The number of ether oxygens (including phenoxy) is 4. The summed E-state index contributed by atoms with van der Waals surface area (Å²) in [5.74, 6) is 2.66. The number of methoxy groups -OCH3 is 4. The fraction of sp³-hybridized carbons (Fsp3) is 0.650. The highest BCUT2D eigenvalue weighted by atomic mass is 16.5. The van der Waals surface area contributed by atoms with Crippen molar-refractivity contribution in [1.82, 2.24) is 10.6 Å². The van der Waals surface area contributed by atoms with Gasteiger partial charge in [0.15, 0.2) is 17.5 Å². The second-order valence-electron chi connectivity index (χ2n) is 6.91. The smallest absolute Gasteiger partial charge is 0.203 e. The van der Waals surface area contributed by atoms with Crippen LogP contribution in [0.3, 0.4) is 0 Å². The van der Waals surface area contributed by atoms with Crippen molar-refractivity contribution in [2.75, 3.05) is 48.6 Å². The maximum Gasteiger partial charge on any atom is 0.203 e. The van der Waals surface area contributed by atoms with Crippen LogP contribution in [0.4, 0.5) is 0 Å². The Morgan fingerprint density at radius 2 is 1.70 bits per heavy atom. The molecule has 1 aromatic rings. The van der Waals surface area contributed by atoms with Crippen LogP contribution < -0.4 is 24.8 Å². The lowest BCUT2D eigenvalue weighted by Crippen LogP contribution is -2.46. The van der Waals surface area contributed by atoms with Crippen molar-refractivity contribution in [2.45, 2.75) is 32.2 Å². The molecule has 0 aliphatic heterocycles. The highest BCUT2D eigenvalue weighted by Crippen LogP contribution is 2.43. The van der Waals surface area contributed by atoms with E-state index >= 15 is 0 Å². The summed E-state index contributed by atoms with van der Waals surface area (Å²) in [6.45, 7) is 2.31. The number of guanidine groups is 1. The molecular weight excluding hydrogens is 346 g/mol. The number of nitrogens with one attached hydrogen (secondary N) is 2. The fourth-order valence-electron chi connectivity index (χ4n) is 3.43. The van der Waals surface area contributed by atoms with Gasteiger partial charge in [-0.1, -0.05) is 6.42 Å². The van der Waals surface area contributed by atoms with Crippen LogP contribution >= 0.6 is 0 Å². The molecule has 0 bridgehead atoms. The predicted molar refractivity (Wildman–Crippen MR) is 107 cm³/mol. The maximum absolute atomic E-state index is 5.41. The first kappa shape index (κ1) is 21.2. The van der Waals surface area contributed by atoms with Gasteiger partial charge < -0.3 is 29.6 Å². The van der Waals surface area contributed by atoms with Crippen LogP contribution in [0.25, 0.3) is 0 Å². The average molecular weight is 380 g/mol. The monoisotopic (exact) mass is 379 g/mol. The quantitative estimate of drug-likeness (QED) is 0.481. The Morgan fingerprint density at radius 3 is 2.15 bits per heavy atom. The van der Waals surface area contributed by atoms with Gasteiger partial charge in [0.25, 0.3) is 0 Å². The summed E-state index contributed by atoms with van der Waals surface area (Å²) in [4.78, 5) is 4.34. The van der Waals surface area contributed by atoms with Crippen molar-refractivity contribution >= 4 is 5.96 Å².